The molecule has 0 aliphatic carbocycles. The van der Waals surface area contributed by atoms with Gasteiger partial charge in [-0.1, -0.05) is 60.7 Å². The minimum atomic E-state index is -0.429. The molecule has 4 aromatic carbocycles. The molecule has 0 fully saturated rings. The van der Waals surface area contributed by atoms with Gasteiger partial charge in [0, 0.05) is 0 Å². The van der Waals surface area contributed by atoms with Crippen LogP contribution in [0.2, 0.25) is 0 Å². The molecule has 0 spiro atoms. The number of carbonyl (C=O) groups excluding carboxylic acids is 1. The van der Waals surface area contributed by atoms with Gasteiger partial charge in [-0.3, -0.25) is 9.36 Å². The maximum absolute atomic E-state index is 13.4. The Morgan fingerprint density at radius 1 is 0.818 bits per heavy atom. The van der Waals surface area contributed by atoms with Gasteiger partial charge in [-0.05, 0) is 58.8 Å². The third-order valence-corrected chi connectivity index (χ3v) is 5.58. The second kappa shape index (κ2) is 8.55. The number of para-hydroxylation sites is 1. The van der Waals surface area contributed by atoms with E-state index in [-0.39, 0.29) is 5.56 Å². The quantitative estimate of drug-likeness (QED) is 0.352. The van der Waals surface area contributed by atoms with E-state index in [1.807, 2.05) is 54.6 Å². The summed E-state index contributed by atoms with van der Waals surface area (Å²) < 4.78 is 6.34. The van der Waals surface area contributed by atoms with E-state index in [0.29, 0.717) is 28.0 Å². The van der Waals surface area contributed by atoms with E-state index in [4.69, 9.17) is 9.72 Å². The van der Waals surface area contributed by atoms with Crippen molar-refractivity contribution in [2.45, 2.75) is 0 Å². The van der Waals surface area contributed by atoms with Crippen molar-refractivity contribution < 1.29 is 9.53 Å². The zero-order valence-electron chi connectivity index (χ0n) is 17.9. The molecule has 0 aliphatic heterocycles. The van der Waals surface area contributed by atoms with Crippen LogP contribution in [0.3, 0.4) is 0 Å². The Morgan fingerprint density at radius 2 is 1.52 bits per heavy atom. The van der Waals surface area contributed by atoms with Crippen LogP contribution in [0.25, 0.3) is 39.5 Å². The molecule has 0 saturated heterocycles. The van der Waals surface area contributed by atoms with Crippen molar-refractivity contribution in [3.63, 3.8) is 0 Å². The Balaban J connectivity index is 1.69. The molecule has 0 radical (unpaired) electrons. The summed E-state index contributed by atoms with van der Waals surface area (Å²) in [6.07, 6.45) is 3.82. The fourth-order valence-corrected chi connectivity index (χ4v) is 3.94. The van der Waals surface area contributed by atoms with E-state index < -0.39 is 5.97 Å². The number of hydrogen-bond donors (Lipinski definition) is 0. The van der Waals surface area contributed by atoms with Gasteiger partial charge < -0.3 is 4.74 Å². The minimum Gasteiger partial charge on any atom is -0.465 e. The first-order chi connectivity index (χ1) is 16.2. The number of benzene rings is 4. The Morgan fingerprint density at radius 3 is 2.30 bits per heavy atom. The normalized spacial score (nSPS) is 11.3. The number of nitrogens with zero attached hydrogens (tertiary/aromatic N) is 2. The molecule has 0 amide bonds. The summed E-state index contributed by atoms with van der Waals surface area (Å²) in [5.74, 6) is 0.0686. The summed E-state index contributed by atoms with van der Waals surface area (Å²) >= 11 is 0. The molecule has 1 aromatic heterocycles. The fraction of sp³-hybridized carbons (Fsp3) is 0.0357. The van der Waals surface area contributed by atoms with E-state index in [1.165, 1.54) is 7.11 Å². The van der Waals surface area contributed by atoms with E-state index in [1.54, 1.807) is 34.9 Å². The standard InChI is InChI=1S/C28H20N2O3/c1-33-28(32)21-13-16-22(17-14-21)30-26(29-25-12-5-4-11-24(25)27(30)31)18-15-20-9-6-8-19-7-2-3-10-23(19)20/h2-18H,1H3. The van der Waals surface area contributed by atoms with Gasteiger partial charge in [0.15, 0.2) is 0 Å². The second-order valence-corrected chi connectivity index (χ2v) is 7.57. The summed E-state index contributed by atoms with van der Waals surface area (Å²) in [5, 5.41) is 2.78. The largest absolute Gasteiger partial charge is 0.465 e. The van der Waals surface area contributed by atoms with Crippen LogP contribution in [-0.2, 0) is 4.74 Å². The first-order valence-electron chi connectivity index (χ1n) is 10.5. The molecule has 160 valence electrons. The first kappa shape index (κ1) is 20.4. The summed E-state index contributed by atoms with van der Waals surface area (Å²) in [7, 11) is 1.34. The smallest absolute Gasteiger partial charge is 0.337 e. The summed E-state index contributed by atoms with van der Waals surface area (Å²) in [6, 6.07) is 28.3. The van der Waals surface area contributed by atoms with Crippen molar-refractivity contribution >= 4 is 39.8 Å². The monoisotopic (exact) mass is 432 g/mol. The van der Waals surface area contributed by atoms with E-state index in [9.17, 15) is 9.59 Å². The summed E-state index contributed by atoms with van der Waals surface area (Å²) in [4.78, 5) is 30.0. The van der Waals surface area contributed by atoms with Crippen molar-refractivity contribution in [3.8, 4) is 5.69 Å². The lowest BCUT2D eigenvalue weighted by Gasteiger charge is -2.12. The average Bonchev–Trinajstić information content (AvgIpc) is 2.87. The second-order valence-electron chi connectivity index (χ2n) is 7.57. The van der Waals surface area contributed by atoms with Crippen molar-refractivity contribution in [1.29, 1.82) is 0 Å². The highest BCUT2D eigenvalue weighted by Gasteiger charge is 2.12. The van der Waals surface area contributed by atoms with Crippen molar-refractivity contribution in [2.75, 3.05) is 7.11 Å². The number of aromatic nitrogens is 2. The van der Waals surface area contributed by atoms with Crippen LogP contribution < -0.4 is 5.56 Å². The van der Waals surface area contributed by atoms with E-state index in [0.717, 1.165) is 16.3 Å². The van der Waals surface area contributed by atoms with Gasteiger partial charge in [0.2, 0.25) is 0 Å². The van der Waals surface area contributed by atoms with Gasteiger partial charge in [-0.2, -0.15) is 0 Å². The average molecular weight is 432 g/mol. The highest BCUT2D eigenvalue weighted by Crippen LogP contribution is 2.21. The maximum atomic E-state index is 13.4. The molecule has 0 N–H and O–H groups in total. The van der Waals surface area contributed by atoms with Crippen LogP contribution in [0, 0.1) is 0 Å². The van der Waals surface area contributed by atoms with Crippen LogP contribution in [0.5, 0.6) is 0 Å². The number of esters is 1. The van der Waals surface area contributed by atoms with Crippen molar-refractivity contribution in [3.05, 3.63) is 118 Å². The molecule has 0 unspecified atom stereocenters. The lowest BCUT2D eigenvalue weighted by Crippen LogP contribution is -2.22. The minimum absolute atomic E-state index is 0.177. The maximum Gasteiger partial charge on any atom is 0.337 e. The molecule has 0 saturated carbocycles. The zero-order chi connectivity index (χ0) is 22.8. The molecule has 5 heteroatoms. The summed E-state index contributed by atoms with van der Waals surface area (Å²) in [5.41, 5.74) is 2.51. The number of rotatable bonds is 4. The molecule has 5 nitrogen and oxygen atoms in total. The van der Waals surface area contributed by atoms with Crippen LogP contribution in [0.4, 0.5) is 0 Å². The number of carbonyl (C=O) groups is 1. The molecule has 0 aliphatic rings. The third-order valence-electron chi connectivity index (χ3n) is 5.58. The van der Waals surface area contributed by atoms with Gasteiger partial charge in [0.1, 0.15) is 5.82 Å². The molecule has 5 rings (SSSR count). The predicted molar refractivity (Wildman–Crippen MR) is 132 cm³/mol. The van der Waals surface area contributed by atoms with Gasteiger partial charge >= 0.3 is 5.97 Å². The van der Waals surface area contributed by atoms with Crippen LogP contribution in [0.15, 0.2) is 95.8 Å². The van der Waals surface area contributed by atoms with Gasteiger partial charge in [-0.15, -0.1) is 0 Å². The number of methoxy groups -OCH3 is 1. The SMILES string of the molecule is COC(=O)c1ccc(-n2c(C=Cc3cccc4ccccc34)nc3ccccc3c2=O)cc1. The Hall–Kier alpha value is -4.51. The third kappa shape index (κ3) is 3.81. The topological polar surface area (TPSA) is 61.2 Å². The number of hydrogen-bond acceptors (Lipinski definition) is 4. The lowest BCUT2D eigenvalue weighted by molar-refractivity contribution is 0.0600. The van der Waals surface area contributed by atoms with Crippen molar-refractivity contribution in [1.82, 2.24) is 9.55 Å². The Bertz CT molecular complexity index is 1580. The highest BCUT2D eigenvalue weighted by molar-refractivity contribution is 5.93. The molecular weight excluding hydrogens is 412 g/mol. The predicted octanol–water partition coefficient (Wildman–Crippen LogP) is 5.50. The number of fused-ring (bicyclic) bond motifs is 2. The molecular formula is C28H20N2O3. The zero-order valence-corrected chi connectivity index (χ0v) is 17.9. The lowest BCUT2D eigenvalue weighted by atomic mass is 10.0. The number of ether oxygens (including phenoxy) is 1. The Labute approximate surface area is 190 Å². The fourth-order valence-electron chi connectivity index (χ4n) is 3.94. The molecule has 0 bridgehead atoms. The summed E-state index contributed by atoms with van der Waals surface area (Å²) in [6.45, 7) is 0. The van der Waals surface area contributed by atoms with Crippen molar-refractivity contribution in [2.24, 2.45) is 0 Å². The van der Waals surface area contributed by atoms with Crippen LogP contribution in [-0.4, -0.2) is 22.6 Å². The molecule has 5 aromatic rings. The van der Waals surface area contributed by atoms with E-state index in [2.05, 4.69) is 18.2 Å². The van der Waals surface area contributed by atoms with Gasteiger partial charge in [0.05, 0.1) is 29.3 Å². The van der Waals surface area contributed by atoms with Gasteiger partial charge in [0.25, 0.3) is 5.56 Å². The van der Waals surface area contributed by atoms with Crippen LogP contribution in [0.1, 0.15) is 21.7 Å². The Kier molecular flexibility index (Phi) is 5.29. The molecule has 0 atom stereocenters. The van der Waals surface area contributed by atoms with Gasteiger partial charge in [-0.25, -0.2) is 9.78 Å². The van der Waals surface area contributed by atoms with Crippen LogP contribution >= 0.6 is 0 Å². The highest BCUT2D eigenvalue weighted by atomic mass is 16.5. The molecule has 33 heavy (non-hydrogen) atoms. The molecule has 1 heterocycles. The first-order valence-corrected chi connectivity index (χ1v) is 10.5. The van der Waals surface area contributed by atoms with E-state index >= 15 is 0 Å².